The van der Waals surface area contributed by atoms with Crippen LogP contribution in [0.4, 0.5) is 0 Å². The lowest BCUT2D eigenvalue weighted by Crippen LogP contribution is -1.99. The van der Waals surface area contributed by atoms with E-state index in [0.717, 1.165) is 11.1 Å². The van der Waals surface area contributed by atoms with E-state index >= 15 is 0 Å². The van der Waals surface area contributed by atoms with Gasteiger partial charge in [-0.25, -0.2) is 4.79 Å². The molecule has 2 N–H and O–H groups in total. The third-order valence-corrected chi connectivity index (χ3v) is 3.55. The SMILES string of the molecule is CC(=O)c1ccc(-c2ccc(-c3nn[nH]c3C(=O)O)cc2)cc1. The summed E-state index contributed by atoms with van der Waals surface area (Å²) >= 11 is 0. The van der Waals surface area contributed by atoms with E-state index < -0.39 is 5.97 Å². The van der Waals surface area contributed by atoms with Crippen LogP contribution in [0.5, 0.6) is 0 Å². The van der Waals surface area contributed by atoms with Crippen LogP contribution in [0.2, 0.25) is 0 Å². The Hall–Kier alpha value is -3.28. The van der Waals surface area contributed by atoms with Gasteiger partial charge in [0.15, 0.2) is 11.5 Å². The molecule has 1 heterocycles. The molecule has 0 bridgehead atoms. The molecule has 0 aliphatic carbocycles. The maximum atomic E-state index is 11.3. The van der Waals surface area contributed by atoms with E-state index in [1.165, 1.54) is 6.92 Å². The van der Waals surface area contributed by atoms with E-state index in [0.29, 0.717) is 16.8 Å². The van der Waals surface area contributed by atoms with E-state index in [9.17, 15) is 9.59 Å². The molecule has 0 saturated heterocycles. The molecule has 0 radical (unpaired) electrons. The largest absolute Gasteiger partial charge is 0.476 e. The van der Waals surface area contributed by atoms with Gasteiger partial charge < -0.3 is 5.11 Å². The maximum Gasteiger partial charge on any atom is 0.356 e. The zero-order valence-electron chi connectivity index (χ0n) is 12.3. The number of nitrogens with one attached hydrogen (secondary N) is 1. The first kappa shape index (κ1) is 14.6. The van der Waals surface area contributed by atoms with Crippen LogP contribution in [0, 0.1) is 0 Å². The van der Waals surface area contributed by atoms with Crippen molar-refractivity contribution in [3.63, 3.8) is 0 Å². The predicted molar refractivity (Wildman–Crippen MR) is 84.2 cm³/mol. The summed E-state index contributed by atoms with van der Waals surface area (Å²) in [5.74, 6) is -1.08. The molecule has 0 unspecified atom stereocenters. The number of carboxylic acid groups (broad SMARTS) is 1. The molecular weight excluding hydrogens is 294 g/mol. The molecule has 0 saturated carbocycles. The quantitative estimate of drug-likeness (QED) is 0.722. The summed E-state index contributed by atoms with van der Waals surface area (Å²) in [6.45, 7) is 1.53. The van der Waals surface area contributed by atoms with Crippen LogP contribution in [-0.2, 0) is 0 Å². The second-order valence-electron chi connectivity index (χ2n) is 5.05. The number of hydrogen-bond acceptors (Lipinski definition) is 4. The minimum Gasteiger partial charge on any atom is -0.476 e. The van der Waals surface area contributed by atoms with Gasteiger partial charge in [0.1, 0.15) is 5.69 Å². The van der Waals surface area contributed by atoms with Crippen LogP contribution in [0.3, 0.4) is 0 Å². The number of carbonyl (C=O) groups is 2. The predicted octanol–water partition coefficient (Wildman–Crippen LogP) is 3.04. The summed E-state index contributed by atoms with van der Waals surface area (Å²) in [5.41, 5.74) is 3.53. The lowest BCUT2D eigenvalue weighted by molar-refractivity contribution is 0.0691. The molecule has 0 atom stereocenters. The minimum absolute atomic E-state index is 0.0270. The van der Waals surface area contributed by atoms with Crippen LogP contribution in [0.25, 0.3) is 22.4 Å². The Morgan fingerprint density at radius 1 is 0.913 bits per heavy atom. The molecule has 2 aromatic carbocycles. The van der Waals surface area contributed by atoms with Crippen molar-refractivity contribution in [1.29, 1.82) is 0 Å². The first-order chi connectivity index (χ1) is 11.1. The fraction of sp³-hybridized carbons (Fsp3) is 0.0588. The van der Waals surface area contributed by atoms with Crippen molar-refractivity contribution >= 4 is 11.8 Å². The number of benzene rings is 2. The molecule has 0 aliphatic heterocycles. The van der Waals surface area contributed by atoms with Crippen LogP contribution >= 0.6 is 0 Å². The Labute approximate surface area is 131 Å². The van der Waals surface area contributed by atoms with Crippen molar-refractivity contribution < 1.29 is 14.7 Å². The summed E-state index contributed by atoms with van der Waals surface area (Å²) in [6, 6.07) is 14.7. The molecule has 0 amide bonds. The zero-order valence-corrected chi connectivity index (χ0v) is 12.3. The summed E-state index contributed by atoms with van der Waals surface area (Å²) < 4.78 is 0. The minimum atomic E-state index is -1.10. The number of aromatic carboxylic acids is 1. The molecule has 6 heteroatoms. The second-order valence-corrected chi connectivity index (χ2v) is 5.05. The molecule has 1 aromatic heterocycles. The first-order valence-electron chi connectivity index (χ1n) is 6.92. The van der Waals surface area contributed by atoms with Gasteiger partial charge in [-0.05, 0) is 18.1 Å². The normalized spacial score (nSPS) is 10.5. The van der Waals surface area contributed by atoms with Crippen LogP contribution < -0.4 is 0 Å². The fourth-order valence-corrected chi connectivity index (χ4v) is 2.30. The first-order valence-corrected chi connectivity index (χ1v) is 6.92. The van der Waals surface area contributed by atoms with Gasteiger partial charge in [-0.1, -0.05) is 53.7 Å². The number of hydrogen-bond donors (Lipinski definition) is 2. The number of nitrogens with zero attached hydrogens (tertiary/aromatic N) is 2. The van der Waals surface area contributed by atoms with E-state index in [1.54, 1.807) is 24.3 Å². The third kappa shape index (κ3) is 2.87. The monoisotopic (exact) mass is 307 g/mol. The van der Waals surface area contributed by atoms with Gasteiger partial charge in [-0.3, -0.25) is 9.89 Å². The Bertz CT molecular complexity index is 865. The Morgan fingerprint density at radius 3 is 1.96 bits per heavy atom. The zero-order chi connectivity index (χ0) is 16.4. The number of ketones is 1. The number of aromatic nitrogens is 3. The highest BCUT2D eigenvalue weighted by molar-refractivity contribution is 5.94. The van der Waals surface area contributed by atoms with Gasteiger partial charge in [-0.2, -0.15) is 0 Å². The summed E-state index contributed by atoms with van der Waals surface area (Å²) in [6.07, 6.45) is 0. The van der Waals surface area contributed by atoms with E-state index in [1.807, 2.05) is 24.3 Å². The van der Waals surface area contributed by atoms with Gasteiger partial charge in [0.05, 0.1) is 0 Å². The van der Waals surface area contributed by atoms with Crippen LogP contribution in [0.1, 0.15) is 27.8 Å². The highest BCUT2D eigenvalue weighted by Gasteiger charge is 2.15. The maximum absolute atomic E-state index is 11.3. The average Bonchev–Trinajstić information content (AvgIpc) is 3.05. The fourth-order valence-electron chi connectivity index (χ4n) is 2.30. The second kappa shape index (κ2) is 5.84. The lowest BCUT2D eigenvalue weighted by atomic mass is 10.0. The van der Waals surface area contributed by atoms with Gasteiger partial charge in [0, 0.05) is 11.1 Å². The van der Waals surface area contributed by atoms with Crippen molar-refractivity contribution in [3.8, 4) is 22.4 Å². The highest BCUT2D eigenvalue weighted by atomic mass is 16.4. The lowest BCUT2D eigenvalue weighted by Gasteiger charge is -2.04. The number of rotatable bonds is 4. The highest BCUT2D eigenvalue weighted by Crippen LogP contribution is 2.25. The van der Waals surface area contributed by atoms with Gasteiger partial charge in [-0.15, -0.1) is 5.10 Å². The molecular formula is C17H13N3O3. The van der Waals surface area contributed by atoms with Crippen molar-refractivity contribution in [2.45, 2.75) is 6.92 Å². The molecule has 3 rings (SSSR count). The van der Waals surface area contributed by atoms with Crippen LogP contribution in [-0.4, -0.2) is 32.3 Å². The summed E-state index contributed by atoms with van der Waals surface area (Å²) in [5, 5.41) is 18.8. The molecule has 3 aromatic rings. The van der Waals surface area contributed by atoms with E-state index in [-0.39, 0.29) is 11.5 Å². The molecule has 0 fully saturated rings. The topological polar surface area (TPSA) is 95.9 Å². The summed E-state index contributed by atoms with van der Waals surface area (Å²) in [7, 11) is 0. The average molecular weight is 307 g/mol. The molecule has 23 heavy (non-hydrogen) atoms. The van der Waals surface area contributed by atoms with Crippen molar-refractivity contribution in [1.82, 2.24) is 15.4 Å². The van der Waals surface area contributed by atoms with E-state index in [4.69, 9.17) is 5.11 Å². The number of Topliss-reactive ketones (excluding diaryl/α,β-unsaturated/α-hetero) is 1. The molecule has 6 nitrogen and oxygen atoms in total. The summed E-state index contributed by atoms with van der Waals surface area (Å²) in [4.78, 5) is 22.4. The van der Waals surface area contributed by atoms with Crippen molar-refractivity contribution in [2.75, 3.05) is 0 Å². The standard InChI is InChI=1S/C17H13N3O3/c1-10(21)11-2-4-12(5-3-11)13-6-8-14(9-7-13)15-16(17(22)23)19-20-18-15/h2-9H,1H3,(H,22,23)(H,18,19,20). The van der Waals surface area contributed by atoms with Gasteiger partial charge >= 0.3 is 5.97 Å². The van der Waals surface area contributed by atoms with Crippen molar-refractivity contribution in [2.24, 2.45) is 0 Å². The van der Waals surface area contributed by atoms with Gasteiger partial charge in [0.25, 0.3) is 0 Å². The van der Waals surface area contributed by atoms with Crippen molar-refractivity contribution in [3.05, 3.63) is 59.8 Å². The molecule has 0 spiro atoms. The molecule has 114 valence electrons. The number of H-pyrrole nitrogens is 1. The molecule has 0 aliphatic rings. The van der Waals surface area contributed by atoms with Crippen LogP contribution in [0.15, 0.2) is 48.5 Å². The number of aromatic amines is 1. The number of carbonyl (C=O) groups excluding carboxylic acids is 1. The Morgan fingerprint density at radius 2 is 1.43 bits per heavy atom. The number of carboxylic acids is 1. The smallest absolute Gasteiger partial charge is 0.356 e. The Kier molecular flexibility index (Phi) is 3.72. The van der Waals surface area contributed by atoms with E-state index in [2.05, 4.69) is 15.4 Å². The van der Waals surface area contributed by atoms with Gasteiger partial charge in [0.2, 0.25) is 0 Å². The third-order valence-electron chi connectivity index (χ3n) is 3.55. The Balaban J connectivity index is 1.91.